The number of aryl methyl sites for hydroxylation is 2. The zero-order chi connectivity index (χ0) is 9.14. The topological polar surface area (TPSA) is 0 Å². The Morgan fingerprint density at radius 1 is 1.25 bits per heavy atom. The van der Waals surface area contributed by atoms with Crippen molar-refractivity contribution < 1.29 is 8.78 Å². The minimum atomic E-state index is -2.33. The molecule has 1 rings (SSSR count). The van der Waals surface area contributed by atoms with Crippen molar-refractivity contribution in [2.75, 3.05) is 0 Å². The summed E-state index contributed by atoms with van der Waals surface area (Å²) in [5, 5.41) is 0. The zero-order valence-corrected chi connectivity index (χ0v) is 7.79. The lowest BCUT2D eigenvalue weighted by Gasteiger charge is -2.04. The molecule has 0 amide bonds. The summed E-state index contributed by atoms with van der Waals surface area (Å²) in [6.07, 6.45) is 0. The number of thioether (sulfide) groups is 1. The molecule has 0 saturated heterocycles. The summed E-state index contributed by atoms with van der Waals surface area (Å²) in [6.45, 7) is 3.74. The number of hydrogen-bond acceptors (Lipinski definition) is 1. The second kappa shape index (κ2) is 3.90. The van der Waals surface area contributed by atoms with Crippen LogP contribution in [0.3, 0.4) is 0 Å². The fourth-order valence-corrected chi connectivity index (χ4v) is 1.63. The second-order valence-electron chi connectivity index (χ2n) is 2.65. The first-order valence-corrected chi connectivity index (χ1v) is 4.49. The van der Waals surface area contributed by atoms with E-state index in [1.165, 1.54) is 0 Å². The smallest absolute Gasteiger partial charge is 0.198 e. The third-order valence-electron chi connectivity index (χ3n) is 1.56. The van der Waals surface area contributed by atoms with Crippen LogP contribution in [-0.2, 0) is 0 Å². The third-order valence-corrected chi connectivity index (χ3v) is 2.43. The lowest BCUT2D eigenvalue weighted by atomic mass is 10.2. The van der Waals surface area contributed by atoms with Crippen LogP contribution in [0.2, 0.25) is 0 Å². The summed E-state index contributed by atoms with van der Waals surface area (Å²) in [5.41, 5.74) is 1.93. The van der Waals surface area contributed by atoms with Crippen LogP contribution in [0.1, 0.15) is 11.1 Å². The third kappa shape index (κ3) is 2.48. The molecule has 1 aromatic rings. The summed E-state index contributed by atoms with van der Waals surface area (Å²) in [6, 6.07) is 5.57. The summed E-state index contributed by atoms with van der Waals surface area (Å²) in [5.74, 6) is -2.33. The van der Waals surface area contributed by atoms with Crippen molar-refractivity contribution >= 4 is 11.8 Å². The Morgan fingerprint density at radius 3 is 2.50 bits per heavy atom. The van der Waals surface area contributed by atoms with Crippen LogP contribution in [0.15, 0.2) is 23.1 Å². The molecule has 12 heavy (non-hydrogen) atoms. The van der Waals surface area contributed by atoms with Gasteiger partial charge in [0.15, 0.2) is 0 Å². The van der Waals surface area contributed by atoms with Gasteiger partial charge < -0.3 is 0 Å². The van der Waals surface area contributed by atoms with E-state index >= 15 is 0 Å². The van der Waals surface area contributed by atoms with Gasteiger partial charge in [-0.3, -0.25) is 0 Å². The molecule has 0 heterocycles. The van der Waals surface area contributed by atoms with E-state index in [1.54, 1.807) is 6.07 Å². The van der Waals surface area contributed by atoms with E-state index in [4.69, 9.17) is 0 Å². The molecular weight excluding hydrogens is 178 g/mol. The first kappa shape index (κ1) is 9.52. The van der Waals surface area contributed by atoms with Crippen molar-refractivity contribution in [2.24, 2.45) is 0 Å². The van der Waals surface area contributed by atoms with Crippen molar-refractivity contribution in [1.29, 1.82) is 0 Å². The minimum absolute atomic E-state index is 0.606. The van der Waals surface area contributed by atoms with Crippen LogP contribution in [0.25, 0.3) is 0 Å². The van der Waals surface area contributed by atoms with Crippen LogP contribution >= 0.6 is 11.8 Å². The molecule has 0 saturated carbocycles. The van der Waals surface area contributed by atoms with Crippen LogP contribution in [0.5, 0.6) is 0 Å². The molecule has 66 valence electrons. The predicted octanol–water partition coefficient (Wildman–Crippen LogP) is 3.62. The molecule has 0 N–H and O–H groups in total. The van der Waals surface area contributed by atoms with Crippen molar-refractivity contribution in [3.05, 3.63) is 29.3 Å². The fourth-order valence-electron chi connectivity index (χ4n) is 0.930. The highest BCUT2D eigenvalue weighted by Gasteiger charge is 2.07. The van der Waals surface area contributed by atoms with Gasteiger partial charge in [0.05, 0.1) is 0 Å². The van der Waals surface area contributed by atoms with Crippen LogP contribution < -0.4 is 0 Å². The molecule has 0 nitrogen and oxygen atoms in total. The maximum Gasteiger partial charge on any atom is 0.288 e. The second-order valence-corrected chi connectivity index (χ2v) is 3.68. The maximum atomic E-state index is 12.0. The lowest BCUT2D eigenvalue weighted by Crippen LogP contribution is -1.86. The van der Waals surface area contributed by atoms with Crippen LogP contribution in [0.4, 0.5) is 8.78 Å². The molecule has 0 unspecified atom stereocenters. The summed E-state index contributed by atoms with van der Waals surface area (Å²) in [4.78, 5) is 0.671. The van der Waals surface area contributed by atoms with Gasteiger partial charge in [-0.15, -0.1) is 0 Å². The van der Waals surface area contributed by atoms with E-state index in [1.807, 2.05) is 26.0 Å². The first-order chi connectivity index (χ1) is 5.59. The Kier molecular flexibility index (Phi) is 3.09. The van der Waals surface area contributed by atoms with Gasteiger partial charge in [-0.1, -0.05) is 23.9 Å². The van der Waals surface area contributed by atoms with Gasteiger partial charge in [-0.05, 0) is 31.0 Å². The fraction of sp³-hybridized carbons (Fsp3) is 0.333. The maximum absolute atomic E-state index is 12.0. The van der Waals surface area contributed by atoms with Gasteiger partial charge in [-0.2, -0.15) is 8.78 Å². The van der Waals surface area contributed by atoms with Crippen LogP contribution in [-0.4, -0.2) is 5.76 Å². The molecule has 0 aliphatic heterocycles. The van der Waals surface area contributed by atoms with Gasteiger partial charge in [-0.25, -0.2) is 0 Å². The van der Waals surface area contributed by atoms with Crippen molar-refractivity contribution in [1.82, 2.24) is 0 Å². The SMILES string of the molecule is Cc1ccc(C)c(SC(F)F)c1. The van der Waals surface area contributed by atoms with E-state index in [0.717, 1.165) is 11.1 Å². The minimum Gasteiger partial charge on any atom is -0.198 e. The van der Waals surface area contributed by atoms with Crippen molar-refractivity contribution in [3.8, 4) is 0 Å². The first-order valence-electron chi connectivity index (χ1n) is 3.61. The van der Waals surface area contributed by atoms with E-state index in [9.17, 15) is 8.78 Å². The van der Waals surface area contributed by atoms with Gasteiger partial charge in [0, 0.05) is 4.90 Å². The van der Waals surface area contributed by atoms with E-state index in [2.05, 4.69) is 0 Å². The molecule has 0 bridgehead atoms. The van der Waals surface area contributed by atoms with E-state index < -0.39 is 5.76 Å². The standard InChI is InChI=1S/C9H10F2S/c1-6-3-4-7(2)8(5-6)12-9(10)11/h3-5,9H,1-2H3. The molecular formula is C9H10F2S. The highest BCUT2D eigenvalue weighted by molar-refractivity contribution is 7.99. The highest BCUT2D eigenvalue weighted by Crippen LogP contribution is 2.28. The average molecular weight is 188 g/mol. The van der Waals surface area contributed by atoms with Gasteiger partial charge in [0.2, 0.25) is 0 Å². The van der Waals surface area contributed by atoms with Gasteiger partial charge >= 0.3 is 0 Å². The quantitative estimate of drug-likeness (QED) is 0.639. The molecule has 0 atom stereocenters. The lowest BCUT2D eigenvalue weighted by molar-refractivity contribution is 0.252. The Balaban J connectivity index is 2.90. The molecule has 0 radical (unpaired) electrons. The molecule has 3 heteroatoms. The normalized spacial score (nSPS) is 10.8. The van der Waals surface area contributed by atoms with Crippen molar-refractivity contribution in [2.45, 2.75) is 24.5 Å². The van der Waals surface area contributed by atoms with E-state index in [-0.39, 0.29) is 0 Å². The highest BCUT2D eigenvalue weighted by atomic mass is 32.2. The Morgan fingerprint density at radius 2 is 1.92 bits per heavy atom. The number of alkyl halides is 2. The molecule has 0 aromatic heterocycles. The van der Waals surface area contributed by atoms with Crippen LogP contribution in [0, 0.1) is 13.8 Å². The summed E-state index contributed by atoms with van der Waals surface area (Å²) in [7, 11) is 0. The van der Waals surface area contributed by atoms with Crippen molar-refractivity contribution in [3.63, 3.8) is 0 Å². The van der Waals surface area contributed by atoms with E-state index in [0.29, 0.717) is 16.7 Å². The summed E-state index contributed by atoms with van der Waals surface area (Å²) < 4.78 is 24.0. The number of halogens is 2. The van der Waals surface area contributed by atoms with Gasteiger partial charge in [0.25, 0.3) is 5.76 Å². The Hall–Kier alpha value is -0.570. The monoisotopic (exact) mass is 188 g/mol. The van der Waals surface area contributed by atoms with Gasteiger partial charge in [0.1, 0.15) is 0 Å². The number of rotatable bonds is 2. The molecule has 1 aromatic carbocycles. The zero-order valence-electron chi connectivity index (χ0n) is 6.97. The predicted molar refractivity (Wildman–Crippen MR) is 47.8 cm³/mol. The Labute approximate surface area is 75.0 Å². The molecule has 0 aliphatic rings. The number of benzene rings is 1. The summed E-state index contributed by atoms with van der Waals surface area (Å²) >= 11 is 0.606. The molecule has 0 spiro atoms. The molecule has 0 aliphatic carbocycles. The Bertz CT molecular complexity index is 271. The molecule has 0 fully saturated rings. The number of hydrogen-bond donors (Lipinski definition) is 0. The average Bonchev–Trinajstić information content (AvgIpc) is 1.96. The largest absolute Gasteiger partial charge is 0.288 e.